The molecule has 0 saturated heterocycles. The van der Waals surface area contributed by atoms with Crippen LogP contribution in [0.5, 0.6) is 0 Å². The van der Waals surface area contributed by atoms with Gasteiger partial charge >= 0.3 is 0 Å². The van der Waals surface area contributed by atoms with Crippen molar-refractivity contribution in [1.29, 1.82) is 0 Å². The summed E-state index contributed by atoms with van der Waals surface area (Å²) in [4.78, 5) is 0. The van der Waals surface area contributed by atoms with Gasteiger partial charge in [-0.15, -0.1) is 0 Å². The van der Waals surface area contributed by atoms with Gasteiger partial charge in [0.15, 0.2) is 0 Å². The monoisotopic (exact) mass is 282 g/mol. The molecule has 0 saturated carbocycles. The first kappa shape index (κ1) is 17.8. The summed E-state index contributed by atoms with van der Waals surface area (Å²) >= 11 is 0. The van der Waals surface area contributed by atoms with Gasteiger partial charge in [0.1, 0.15) is 15.7 Å². The molecule has 4 radical (unpaired) electrons. The topological polar surface area (TPSA) is 0 Å². The normalized spacial score (nSPS) is 13.5. The molecule has 0 fully saturated rings. The highest BCUT2D eigenvalue weighted by Crippen LogP contribution is 2.16. The first-order valence-electron chi connectivity index (χ1n) is 7.15. The smallest absolute Gasteiger partial charge is 0.0984 e. The fourth-order valence-electron chi connectivity index (χ4n) is 1.98. The number of benzene rings is 1. The molecule has 0 atom stereocenters. The van der Waals surface area contributed by atoms with Crippen LogP contribution in [0.1, 0.15) is 19.4 Å². The maximum Gasteiger partial charge on any atom is 0.113 e. The molecule has 0 aliphatic heterocycles. The second kappa shape index (κ2) is 8.94. The Morgan fingerprint density at radius 1 is 0.909 bits per heavy atom. The molecule has 0 spiro atoms. The van der Waals surface area contributed by atoms with E-state index in [-0.39, 0.29) is 0 Å². The summed E-state index contributed by atoms with van der Waals surface area (Å²) in [7, 11) is 11.7. The zero-order valence-corrected chi connectivity index (χ0v) is 13.3. The molecular weight excluding hydrogens is 262 g/mol. The number of hydrogen-bond acceptors (Lipinski definition) is 0. The molecule has 1 rings (SSSR count). The molecule has 0 N–H and O–H groups in total. The van der Waals surface area contributed by atoms with Crippen molar-refractivity contribution >= 4 is 32.2 Å². The van der Waals surface area contributed by atoms with Crippen molar-refractivity contribution in [2.24, 2.45) is 0 Å². The summed E-state index contributed by atoms with van der Waals surface area (Å²) in [5, 5.41) is 0. The van der Waals surface area contributed by atoms with E-state index < -0.39 is 0 Å². The van der Waals surface area contributed by atoms with Crippen LogP contribution in [-0.2, 0) is 0 Å². The fourth-order valence-corrected chi connectivity index (χ4v) is 1.98. The number of hydrogen-bond donors (Lipinski definition) is 0. The molecular formula is C20H20B2. The van der Waals surface area contributed by atoms with Crippen LogP contribution in [0.2, 0.25) is 0 Å². The molecule has 0 bridgehead atoms. The minimum Gasteiger partial charge on any atom is -0.0984 e. The molecule has 0 nitrogen and oxygen atoms in total. The van der Waals surface area contributed by atoms with Crippen LogP contribution < -0.4 is 10.9 Å². The van der Waals surface area contributed by atoms with Crippen LogP contribution in [0.3, 0.4) is 0 Å². The third kappa shape index (κ3) is 5.29. The van der Waals surface area contributed by atoms with E-state index in [2.05, 4.69) is 13.2 Å². The Morgan fingerprint density at radius 2 is 1.45 bits per heavy atom. The zero-order valence-electron chi connectivity index (χ0n) is 13.3. The molecule has 2 heteroatoms. The maximum absolute atomic E-state index is 5.84. The van der Waals surface area contributed by atoms with Crippen molar-refractivity contribution in [3.8, 4) is 0 Å². The lowest BCUT2D eigenvalue weighted by Crippen LogP contribution is -2.14. The lowest BCUT2D eigenvalue weighted by molar-refractivity contribution is 1.54. The van der Waals surface area contributed by atoms with E-state index in [4.69, 9.17) is 15.7 Å². The highest BCUT2D eigenvalue weighted by Gasteiger charge is 1.99. The maximum atomic E-state index is 5.84. The molecule has 22 heavy (non-hydrogen) atoms. The van der Waals surface area contributed by atoms with Crippen molar-refractivity contribution in [2.45, 2.75) is 13.8 Å². The van der Waals surface area contributed by atoms with Crippen LogP contribution in [0.25, 0.3) is 5.57 Å². The van der Waals surface area contributed by atoms with E-state index in [9.17, 15) is 0 Å². The van der Waals surface area contributed by atoms with E-state index in [0.717, 1.165) is 22.3 Å². The SMILES string of the molecule is [B]c1cc([B])cc(/C(C)=C/C=C(C=C)/C(C=C)=C/C=C\C)c1. The van der Waals surface area contributed by atoms with Gasteiger partial charge in [0.2, 0.25) is 0 Å². The van der Waals surface area contributed by atoms with Gasteiger partial charge in [-0.3, -0.25) is 0 Å². The van der Waals surface area contributed by atoms with E-state index >= 15 is 0 Å². The predicted molar refractivity (Wildman–Crippen MR) is 102 cm³/mol. The summed E-state index contributed by atoms with van der Waals surface area (Å²) in [5.74, 6) is 0. The Labute approximate surface area is 137 Å². The van der Waals surface area contributed by atoms with Crippen molar-refractivity contribution in [1.82, 2.24) is 0 Å². The van der Waals surface area contributed by atoms with E-state index in [1.165, 1.54) is 0 Å². The molecule has 0 amide bonds. The minimum absolute atomic E-state index is 0.662. The Hall–Kier alpha value is -2.21. The van der Waals surface area contributed by atoms with Gasteiger partial charge in [-0.1, -0.05) is 84.8 Å². The number of allylic oxidation sites excluding steroid dienone is 10. The summed E-state index contributed by atoms with van der Waals surface area (Å²) in [6.45, 7) is 11.7. The van der Waals surface area contributed by atoms with Gasteiger partial charge in [-0.25, -0.2) is 0 Å². The minimum atomic E-state index is 0.662. The van der Waals surface area contributed by atoms with Crippen molar-refractivity contribution in [3.05, 3.63) is 90.6 Å². The molecule has 0 aliphatic rings. The average molecular weight is 282 g/mol. The Bertz CT molecular complexity index is 651. The highest BCUT2D eigenvalue weighted by molar-refractivity contribution is 6.38. The second-order valence-electron chi connectivity index (χ2n) is 4.92. The van der Waals surface area contributed by atoms with Crippen LogP contribution >= 0.6 is 0 Å². The first-order valence-corrected chi connectivity index (χ1v) is 7.15. The molecule has 0 aromatic heterocycles. The van der Waals surface area contributed by atoms with Crippen LogP contribution in [0.4, 0.5) is 0 Å². The van der Waals surface area contributed by atoms with Crippen LogP contribution in [0.15, 0.2) is 85.0 Å². The quantitative estimate of drug-likeness (QED) is 0.553. The predicted octanol–water partition coefficient (Wildman–Crippen LogP) is 3.48. The van der Waals surface area contributed by atoms with Gasteiger partial charge in [0, 0.05) is 0 Å². The first-order chi connectivity index (χ1) is 10.5. The van der Waals surface area contributed by atoms with Gasteiger partial charge in [0.25, 0.3) is 0 Å². The summed E-state index contributed by atoms with van der Waals surface area (Å²) < 4.78 is 0. The standard InChI is InChI=1S/C20H20B2/c1-5-8-9-16(6-2)17(7-3)11-10-15(4)18-12-19(21)14-20(22)13-18/h5-14H,2-3H2,1,4H3/b8-5-,15-10+,16-9+,17-11+. The average Bonchev–Trinajstić information content (AvgIpc) is 2.49. The van der Waals surface area contributed by atoms with Crippen molar-refractivity contribution in [3.63, 3.8) is 0 Å². The summed E-state index contributed by atoms with van der Waals surface area (Å²) in [5.41, 5.74) is 5.43. The largest absolute Gasteiger partial charge is 0.113 e. The summed E-state index contributed by atoms with van der Waals surface area (Å²) in [6, 6.07) is 5.57. The third-order valence-corrected chi connectivity index (χ3v) is 3.19. The molecule has 0 unspecified atom stereocenters. The Morgan fingerprint density at radius 3 is 1.95 bits per heavy atom. The van der Waals surface area contributed by atoms with Crippen molar-refractivity contribution < 1.29 is 0 Å². The highest BCUT2D eigenvalue weighted by atomic mass is 14.0. The molecule has 1 aromatic rings. The third-order valence-electron chi connectivity index (χ3n) is 3.19. The van der Waals surface area contributed by atoms with E-state index in [1.54, 1.807) is 6.07 Å². The zero-order chi connectivity index (χ0) is 16.5. The summed E-state index contributed by atoms with van der Waals surface area (Å²) in [6.07, 6.45) is 13.6. The second-order valence-corrected chi connectivity index (χ2v) is 4.92. The fraction of sp³-hybridized carbons (Fsp3) is 0.100. The molecule has 0 aliphatic carbocycles. The van der Waals surface area contributed by atoms with Gasteiger partial charge in [0.05, 0.1) is 0 Å². The van der Waals surface area contributed by atoms with Crippen LogP contribution in [0, 0.1) is 0 Å². The van der Waals surface area contributed by atoms with Crippen molar-refractivity contribution in [2.75, 3.05) is 0 Å². The Balaban J connectivity index is 3.17. The van der Waals surface area contributed by atoms with Gasteiger partial charge < -0.3 is 0 Å². The lowest BCUT2D eigenvalue weighted by Gasteiger charge is -2.06. The van der Waals surface area contributed by atoms with Gasteiger partial charge in [-0.2, -0.15) is 0 Å². The van der Waals surface area contributed by atoms with E-state index in [0.29, 0.717) is 10.9 Å². The van der Waals surface area contributed by atoms with Gasteiger partial charge in [-0.05, 0) is 36.1 Å². The lowest BCUT2D eigenvalue weighted by atomic mass is 9.84. The van der Waals surface area contributed by atoms with E-state index in [1.807, 2.05) is 68.5 Å². The van der Waals surface area contributed by atoms with Crippen LogP contribution in [-0.4, -0.2) is 15.7 Å². The Kier molecular flexibility index (Phi) is 7.25. The number of rotatable bonds is 6. The molecule has 1 aromatic carbocycles. The molecule has 0 heterocycles. The molecule has 106 valence electrons.